The van der Waals surface area contributed by atoms with E-state index in [-0.39, 0.29) is 5.91 Å². The Morgan fingerprint density at radius 2 is 2.06 bits per heavy atom. The number of hydrogen-bond donors (Lipinski definition) is 1. The van der Waals surface area contributed by atoms with Gasteiger partial charge in [-0.25, -0.2) is 0 Å². The van der Waals surface area contributed by atoms with Gasteiger partial charge in [0.15, 0.2) is 0 Å². The van der Waals surface area contributed by atoms with Crippen molar-refractivity contribution in [2.45, 2.75) is 19.3 Å². The van der Waals surface area contributed by atoms with Crippen LogP contribution in [0.3, 0.4) is 0 Å². The summed E-state index contributed by atoms with van der Waals surface area (Å²) in [7, 11) is 1.64. The predicted octanol–water partition coefficient (Wildman–Crippen LogP) is 1.97. The molecule has 1 aromatic carbocycles. The van der Waals surface area contributed by atoms with E-state index in [0.29, 0.717) is 13.0 Å². The van der Waals surface area contributed by atoms with Gasteiger partial charge < -0.3 is 10.1 Å². The molecule has 0 saturated carbocycles. The van der Waals surface area contributed by atoms with Gasteiger partial charge in [-0.15, -0.1) is 0 Å². The van der Waals surface area contributed by atoms with E-state index in [4.69, 9.17) is 4.74 Å². The van der Waals surface area contributed by atoms with E-state index in [1.54, 1.807) is 7.11 Å². The van der Waals surface area contributed by atoms with E-state index < -0.39 is 0 Å². The third-order valence-corrected chi connectivity index (χ3v) is 2.30. The molecule has 1 N–H and O–H groups in total. The Bertz CT molecular complexity index is 319. The Morgan fingerprint density at radius 3 is 2.62 bits per heavy atom. The largest absolute Gasteiger partial charge is 0.497 e. The minimum Gasteiger partial charge on any atom is -0.497 e. The number of hydrogen-bond acceptors (Lipinski definition) is 2. The maximum absolute atomic E-state index is 11.3. The standard InChI is InChI=1S/C13H18NO2/c1-3-10-14-13(15)9-6-11-4-7-12(16-2)8-5-11/h4-5,7-8H,1,3,6,9-10H2,2H3,(H,14,15). The van der Waals surface area contributed by atoms with Crippen LogP contribution in [0.15, 0.2) is 24.3 Å². The molecule has 0 aliphatic rings. The van der Waals surface area contributed by atoms with Crippen LogP contribution in [0, 0.1) is 6.92 Å². The highest BCUT2D eigenvalue weighted by atomic mass is 16.5. The fourth-order valence-electron chi connectivity index (χ4n) is 1.37. The van der Waals surface area contributed by atoms with Crippen LogP contribution in [-0.2, 0) is 11.2 Å². The van der Waals surface area contributed by atoms with Gasteiger partial charge in [-0.3, -0.25) is 4.79 Å². The zero-order valence-corrected chi connectivity index (χ0v) is 9.66. The fraction of sp³-hybridized carbons (Fsp3) is 0.385. The molecule has 1 rings (SSSR count). The van der Waals surface area contributed by atoms with Crippen LogP contribution in [0.5, 0.6) is 5.75 Å². The molecule has 0 aliphatic heterocycles. The zero-order chi connectivity index (χ0) is 11.8. The molecule has 0 aliphatic carbocycles. The minimum absolute atomic E-state index is 0.0828. The van der Waals surface area contributed by atoms with Gasteiger partial charge in [-0.1, -0.05) is 19.1 Å². The molecule has 1 radical (unpaired) electrons. The van der Waals surface area contributed by atoms with E-state index in [0.717, 1.165) is 24.2 Å². The molecule has 1 amide bonds. The van der Waals surface area contributed by atoms with Gasteiger partial charge >= 0.3 is 0 Å². The van der Waals surface area contributed by atoms with Crippen molar-refractivity contribution >= 4 is 5.91 Å². The number of benzene rings is 1. The lowest BCUT2D eigenvalue weighted by Gasteiger charge is -2.04. The summed E-state index contributed by atoms with van der Waals surface area (Å²) in [5.41, 5.74) is 1.14. The Hall–Kier alpha value is -1.51. The molecule has 0 heterocycles. The van der Waals surface area contributed by atoms with Gasteiger partial charge in [0.1, 0.15) is 5.75 Å². The third kappa shape index (κ3) is 4.34. The molecule has 87 valence electrons. The maximum Gasteiger partial charge on any atom is 0.220 e. The van der Waals surface area contributed by atoms with Crippen LogP contribution in [0.25, 0.3) is 0 Å². The highest BCUT2D eigenvalue weighted by molar-refractivity contribution is 5.76. The summed E-state index contributed by atoms with van der Waals surface area (Å²) in [6.07, 6.45) is 2.01. The van der Waals surface area contributed by atoms with Crippen molar-refractivity contribution in [2.75, 3.05) is 13.7 Å². The second kappa shape index (κ2) is 6.88. The number of methoxy groups -OCH3 is 1. The zero-order valence-electron chi connectivity index (χ0n) is 9.66. The molecule has 0 fully saturated rings. The molecule has 0 bridgehead atoms. The van der Waals surface area contributed by atoms with Crippen molar-refractivity contribution < 1.29 is 9.53 Å². The summed E-state index contributed by atoms with van der Waals surface area (Å²) in [6.45, 7) is 4.32. The molecule has 0 aromatic heterocycles. The summed E-state index contributed by atoms with van der Waals surface area (Å²) in [5.74, 6) is 0.921. The van der Waals surface area contributed by atoms with Crippen LogP contribution in [0.2, 0.25) is 0 Å². The molecule has 1 aromatic rings. The van der Waals surface area contributed by atoms with Gasteiger partial charge in [0.2, 0.25) is 5.91 Å². The second-order valence-corrected chi connectivity index (χ2v) is 3.55. The average Bonchev–Trinajstić information content (AvgIpc) is 2.34. The number of ether oxygens (including phenoxy) is 1. The van der Waals surface area contributed by atoms with E-state index in [1.807, 2.05) is 24.3 Å². The Labute approximate surface area is 96.8 Å². The van der Waals surface area contributed by atoms with Crippen molar-refractivity contribution in [3.05, 3.63) is 36.8 Å². The molecule has 0 saturated heterocycles. The number of amides is 1. The smallest absolute Gasteiger partial charge is 0.220 e. The number of nitrogens with one attached hydrogen (secondary N) is 1. The predicted molar refractivity (Wildman–Crippen MR) is 64.3 cm³/mol. The highest BCUT2D eigenvalue weighted by Gasteiger charge is 2.01. The topological polar surface area (TPSA) is 38.3 Å². The molecular formula is C13H18NO2. The average molecular weight is 220 g/mol. The number of carbonyl (C=O) groups is 1. The van der Waals surface area contributed by atoms with Crippen LogP contribution in [0.1, 0.15) is 18.4 Å². The summed E-state index contributed by atoms with van der Waals surface area (Å²) >= 11 is 0. The summed E-state index contributed by atoms with van der Waals surface area (Å²) < 4.78 is 5.06. The van der Waals surface area contributed by atoms with Crippen LogP contribution < -0.4 is 10.1 Å². The quantitative estimate of drug-likeness (QED) is 0.796. The molecule has 3 heteroatoms. The normalized spacial score (nSPS) is 9.88. The summed E-state index contributed by atoms with van der Waals surface area (Å²) in [6, 6.07) is 7.77. The van der Waals surface area contributed by atoms with Crippen molar-refractivity contribution in [1.82, 2.24) is 5.32 Å². The van der Waals surface area contributed by atoms with Crippen LogP contribution in [-0.4, -0.2) is 19.6 Å². The van der Waals surface area contributed by atoms with Crippen molar-refractivity contribution in [3.8, 4) is 5.75 Å². The Balaban J connectivity index is 2.33. The lowest BCUT2D eigenvalue weighted by atomic mass is 10.1. The first-order chi connectivity index (χ1) is 7.76. The number of aryl methyl sites for hydroxylation is 1. The van der Waals surface area contributed by atoms with Crippen LogP contribution in [0.4, 0.5) is 0 Å². The van der Waals surface area contributed by atoms with Crippen molar-refractivity contribution in [2.24, 2.45) is 0 Å². The first-order valence-electron chi connectivity index (χ1n) is 5.45. The van der Waals surface area contributed by atoms with E-state index in [9.17, 15) is 4.79 Å². The Morgan fingerprint density at radius 1 is 1.38 bits per heavy atom. The fourth-order valence-corrected chi connectivity index (χ4v) is 1.37. The lowest BCUT2D eigenvalue weighted by Crippen LogP contribution is -2.24. The van der Waals surface area contributed by atoms with Crippen molar-refractivity contribution in [3.63, 3.8) is 0 Å². The number of rotatable bonds is 6. The monoisotopic (exact) mass is 220 g/mol. The molecule has 16 heavy (non-hydrogen) atoms. The van der Waals surface area contributed by atoms with Gasteiger partial charge in [0.05, 0.1) is 7.11 Å². The Kier molecular flexibility index (Phi) is 5.40. The number of carbonyl (C=O) groups excluding carboxylic acids is 1. The third-order valence-electron chi connectivity index (χ3n) is 2.30. The van der Waals surface area contributed by atoms with Gasteiger partial charge in [0, 0.05) is 13.0 Å². The first kappa shape index (κ1) is 12.6. The second-order valence-electron chi connectivity index (χ2n) is 3.55. The van der Waals surface area contributed by atoms with Gasteiger partial charge in [-0.2, -0.15) is 0 Å². The van der Waals surface area contributed by atoms with Gasteiger partial charge in [0.25, 0.3) is 0 Å². The first-order valence-corrected chi connectivity index (χ1v) is 5.45. The van der Waals surface area contributed by atoms with E-state index in [2.05, 4.69) is 12.2 Å². The molecule has 0 spiro atoms. The molecular weight excluding hydrogens is 202 g/mol. The van der Waals surface area contributed by atoms with E-state index in [1.165, 1.54) is 0 Å². The van der Waals surface area contributed by atoms with Crippen molar-refractivity contribution in [1.29, 1.82) is 0 Å². The maximum atomic E-state index is 11.3. The van der Waals surface area contributed by atoms with E-state index >= 15 is 0 Å². The highest BCUT2D eigenvalue weighted by Crippen LogP contribution is 2.12. The molecule has 3 nitrogen and oxygen atoms in total. The van der Waals surface area contributed by atoms with Gasteiger partial charge in [-0.05, 0) is 30.5 Å². The summed E-state index contributed by atoms with van der Waals surface area (Å²) in [5, 5.41) is 2.80. The lowest BCUT2D eigenvalue weighted by molar-refractivity contribution is -0.121. The minimum atomic E-state index is 0.0828. The van der Waals surface area contributed by atoms with Crippen LogP contribution >= 0.6 is 0 Å². The molecule has 0 unspecified atom stereocenters. The summed E-state index contributed by atoms with van der Waals surface area (Å²) in [4.78, 5) is 11.3. The molecule has 0 atom stereocenters. The SMILES string of the molecule is [CH2]CCNC(=O)CCc1ccc(OC)cc1.